The van der Waals surface area contributed by atoms with Crippen LogP contribution >= 0.6 is 0 Å². The van der Waals surface area contributed by atoms with Gasteiger partial charge >= 0.3 is 101 Å². The fourth-order valence-corrected chi connectivity index (χ4v) is 2.25. The first kappa shape index (κ1) is 9.71. The Hall–Kier alpha value is -1.50. The second-order valence-corrected chi connectivity index (χ2v) is 4.23. The van der Waals surface area contributed by atoms with Crippen LogP contribution in [0.3, 0.4) is 0 Å². The molecule has 0 aliphatic heterocycles. The van der Waals surface area contributed by atoms with Crippen LogP contribution in [0.4, 0.5) is 0 Å². The molecule has 1 heterocycles. The second-order valence-electron chi connectivity index (χ2n) is 3.73. The molecule has 1 nitrogen and oxygen atoms in total. The van der Waals surface area contributed by atoms with E-state index in [0.717, 1.165) is 5.69 Å². The minimum absolute atomic E-state index is 0.975. The summed E-state index contributed by atoms with van der Waals surface area (Å²) in [6, 6.07) is 14.8. The molecule has 0 saturated carbocycles. The van der Waals surface area contributed by atoms with Crippen molar-refractivity contribution in [3.05, 3.63) is 54.4 Å². The fourth-order valence-electron chi connectivity index (χ4n) is 1.98. The number of pyridine rings is 1. The van der Waals surface area contributed by atoms with Crippen LogP contribution < -0.4 is 0 Å². The summed E-state index contributed by atoms with van der Waals surface area (Å²) in [5, 5.41) is 4.97. The molecule has 0 N–H and O–H groups in total. The van der Waals surface area contributed by atoms with Crippen LogP contribution in [-0.2, 0) is 0 Å². The predicted molar refractivity (Wildman–Crippen MR) is 70.2 cm³/mol. The van der Waals surface area contributed by atoms with Crippen molar-refractivity contribution in [2.75, 3.05) is 0 Å². The Kier molecular flexibility index (Phi) is 2.32. The Labute approximate surface area is 101 Å². The van der Waals surface area contributed by atoms with Crippen LogP contribution in [0.25, 0.3) is 21.5 Å². The van der Waals surface area contributed by atoms with Crippen LogP contribution in [0.1, 0.15) is 5.69 Å². The maximum atomic E-state index is 4.39. The Morgan fingerprint density at radius 1 is 0.938 bits per heavy atom. The maximum absolute atomic E-state index is 4.39. The average molecular weight is 270 g/mol. The number of nitrogens with zero attached hydrogens (tertiary/aromatic N) is 1. The molecule has 0 atom stereocenters. The molecular weight excluding hydrogens is 261 g/mol. The topological polar surface area (TPSA) is 12.9 Å². The summed E-state index contributed by atoms with van der Waals surface area (Å²) in [6.45, 7) is 0. The summed E-state index contributed by atoms with van der Waals surface area (Å²) in [6.07, 6.45) is 1.95. The van der Waals surface area contributed by atoms with Gasteiger partial charge in [0.05, 0.1) is 0 Å². The zero-order chi connectivity index (χ0) is 11.0. The van der Waals surface area contributed by atoms with E-state index in [-0.39, 0.29) is 0 Å². The minimum atomic E-state index is 0.975. The number of hydrogen-bond acceptors (Lipinski definition) is 1. The van der Waals surface area contributed by atoms with Gasteiger partial charge in [0.2, 0.25) is 0 Å². The Morgan fingerprint density at radius 2 is 1.75 bits per heavy atom. The molecule has 0 aliphatic carbocycles. The molecule has 2 heteroatoms. The zero-order valence-electron chi connectivity index (χ0n) is 8.55. The SMILES string of the molecule is [Se]=Cc1cc2ccc3ccccc3c2cn1. The van der Waals surface area contributed by atoms with Gasteiger partial charge in [-0.25, -0.2) is 0 Å². The van der Waals surface area contributed by atoms with Crippen molar-refractivity contribution in [2.45, 2.75) is 0 Å². The molecule has 1 aromatic heterocycles. The molecule has 0 amide bonds. The van der Waals surface area contributed by atoms with Crippen molar-refractivity contribution in [3.8, 4) is 0 Å². The van der Waals surface area contributed by atoms with Crippen LogP contribution in [0.5, 0.6) is 0 Å². The number of fused-ring (bicyclic) bond motifs is 3. The van der Waals surface area contributed by atoms with E-state index in [2.05, 4.69) is 63.0 Å². The summed E-state index contributed by atoms with van der Waals surface area (Å²) in [4.78, 5) is 6.29. The van der Waals surface area contributed by atoms with Gasteiger partial charge in [-0.15, -0.1) is 0 Å². The van der Waals surface area contributed by atoms with Crippen molar-refractivity contribution in [3.63, 3.8) is 0 Å². The van der Waals surface area contributed by atoms with Crippen molar-refractivity contribution in [1.82, 2.24) is 4.98 Å². The standard InChI is InChI=1S/C14H9NSe/c16-9-12-7-11-6-5-10-3-1-2-4-13(10)14(11)8-15-12/h1-9H. The van der Waals surface area contributed by atoms with Crippen molar-refractivity contribution < 1.29 is 0 Å². The molecule has 0 saturated heterocycles. The van der Waals surface area contributed by atoms with Crippen LogP contribution in [0.15, 0.2) is 48.7 Å². The van der Waals surface area contributed by atoms with E-state index in [1.165, 1.54) is 21.5 Å². The Morgan fingerprint density at radius 3 is 2.62 bits per heavy atom. The summed E-state index contributed by atoms with van der Waals surface area (Å²) in [5.74, 6) is 0. The molecule has 3 rings (SSSR count). The van der Waals surface area contributed by atoms with Gasteiger partial charge in [-0.3, -0.25) is 0 Å². The summed E-state index contributed by atoms with van der Waals surface area (Å²) < 4.78 is 0. The van der Waals surface area contributed by atoms with Crippen molar-refractivity contribution in [1.29, 1.82) is 0 Å². The zero-order valence-corrected chi connectivity index (χ0v) is 10.3. The molecule has 2 aromatic carbocycles. The Bertz CT molecular complexity index is 688. The molecule has 0 radical (unpaired) electrons. The monoisotopic (exact) mass is 271 g/mol. The Balaban J connectivity index is 2.47. The number of benzene rings is 2. The van der Waals surface area contributed by atoms with Gasteiger partial charge in [-0.05, 0) is 0 Å². The van der Waals surface area contributed by atoms with E-state index >= 15 is 0 Å². The molecule has 3 aromatic rings. The number of rotatable bonds is 1. The van der Waals surface area contributed by atoms with E-state index in [1.54, 1.807) is 0 Å². The number of hydrogen-bond donors (Lipinski definition) is 0. The van der Waals surface area contributed by atoms with E-state index in [9.17, 15) is 0 Å². The first-order valence-electron chi connectivity index (χ1n) is 5.11. The molecule has 16 heavy (non-hydrogen) atoms. The molecule has 0 spiro atoms. The van der Waals surface area contributed by atoms with Gasteiger partial charge in [-0.1, -0.05) is 0 Å². The third-order valence-corrected chi connectivity index (χ3v) is 3.28. The molecule has 0 bridgehead atoms. The summed E-state index contributed by atoms with van der Waals surface area (Å²) in [7, 11) is 0. The van der Waals surface area contributed by atoms with Crippen LogP contribution in [0, 0.1) is 0 Å². The van der Waals surface area contributed by atoms with E-state index in [1.807, 2.05) is 11.1 Å². The average Bonchev–Trinajstić information content (AvgIpc) is 2.38. The van der Waals surface area contributed by atoms with Crippen LogP contribution in [0.2, 0.25) is 0 Å². The third kappa shape index (κ3) is 1.47. The quantitative estimate of drug-likeness (QED) is 0.489. The van der Waals surface area contributed by atoms with Gasteiger partial charge in [0.25, 0.3) is 0 Å². The van der Waals surface area contributed by atoms with Gasteiger partial charge in [-0.2, -0.15) is 0 Å². The predicted octanol–water partition coefficient (Wildman–Crippen LogP) is 2.71. The molecule has 0 aliphatic rings. The van der Waals surface area contributed by atoms with Crippen molar-refractivity contribution in [2.24, 2.45) is 0 Å². The second kappa shape index (κ2) is 3.82. The van der Waals surface area contributed by atoms with Crippen LogP contribution in [-0.4, -0.2) is 25.5 Å². The first-order chi connectivity index (χ1) is 7.88. The van der Waals surface area contributed by atoms with Gasteiger partial charge in [0, 0.05) is 0 Å². The fraction of sp³-hybridized carbons (Fsp3) is 0. The molecular formula is C14H9NSe. The van der Waals surface area contributed by atoms with Gasteiger partial charge in [0.1, 0.15) is 0 Å². The molecule has 0 fully saturated rings. The first-order valence-corrected chi connectivity index (χ1v) is 6.10. The molecule has 76 valence electrons. The third-order valence-electron chi connectivity index (χ3n) is 2.77. The summed E-state index contributed by atoms with van der Waals surface area (Å²) >= 11 is 2.87. The molecule has 0 unspecified atom stereocenters. The number of aromatic nitrogens is 1. The van der Waals surface area contributed by atoms with Gasteiger partial charge < -0.3 is 0 Å². The van der Waals surface area contributed by atoms with Crippen molar-refractivity contribution >= 4 is 42.0 Å². The normalized spacial score (nSPS) is 10.8. The van der Waals surface area contributed by atoms with Gasteiger partial charge in [0.15, 0.2) is 0 Å². The van der Waals surface area contributed by atoms with E-state index in [0.29, 0.717) is 0 Å². The van der Waals surface area contributed by atoms with E-state index < -0.39 is 0 Å². The van der Waals surface area contributed by atoms with E-state index in [4.69, 9.17) is 0 Å². The summed E-state index contributed by atoms with van der Waals surface area (Å²) in [5.41, 5.74) is 0.975.